The van der Waals surface area contributed by atoms with Crippen LogP contribution in [0.4, 0.5) is 0 Å². The van der Waals surface area contributed by atoms with Gasteiger partial charge in [0.15, 0.2) is 0 Å². The molecule has 0 fully saturated rings. The first-order valence-corrected chi connectivity index (χ1v) is 7.10. The predicted octanol–water partition coefficient (Wildman–Crippen LogP) is 2.24. The lowest BCUT2D eigenvalue weighted by Crippen LogP contribution is -2.25. The van der Waals surface area contributed by atoms with Crippen LogP contribution in [0.15, 0.2) is 67.3 Å². The van der Waals surface area contributed by atoms with Crippen molar-refractivity contribution in [1.29, 1.82) is 0 Å². The van der Waals surface area contributed by atoms with Gasteiger partial charge in [-0.3, -0.25) is 9.78 Å². The monoisotopic (exact) mass is 292 g/mol. The van der Waals surface area contributed by atoms with E-state index in [1.807, 2.05) is 29.1 Å². The Hall–Kier alpha value is -2.95. The number of carbonyl (C=O) groups excluding carboxylic acids is 1. The molecule has 0 aliphatic carbocycles. The standard InChI is InChI=1S/C17H16N4O/c22-17(15-7-10-18-11-8-15)19-12-6-14-2-4-16(5-3-14)21-13-1-9-20-21/h1-5,7-11,13H,6,12H2,(H,19,22). The molecule has 0 spiro atoms. The van der Waals surface area contributed by atoms with Gasteiger partial charge >= 0.3 is 0 Å². The van der Waals surface area contributed by atoms with Crippen LogP contribution in [-0.4, -0.2) is 27.2 Å². The summed E-state index contributed by atoms with van der Waals surface area (Å²) in [6.45, 7) is 0.599. The smallest absolute Gasteiger partial charge is 0.251 e. The number of nitrogens with one attached hydrogen (secondary N) is 1. The Bertz CT molecular complexity index is 721. The van der Waals surface area contributed by atoms with E-state index in [4.69, 9.17) is 0 Å². The molecule has 5 nitrogen and oxygen atoms in total. The summed E-state index contributed by atoms with van der Waals surface area (Å²) in [6, 6.07) is 13.4. The van der Waals surface area contributed by atoms with E-state index in [0.29, 0.717) is 12.1 Å². The normalized spacial score (nSPS) is 10.4. The van der Waals surface area contributed by atoms with Crippen LogP contribution in [0.25, 0.3) is 5.69 Å². The highest BCUT2D eigenvalue weighted by Gasteiger charge is 2.04. The number of hydrogen-bond acceptors (Lipinski definition) is 3. The van der Waals surface area contributed by atoms with Crippen LogP contribution in [0.1, 0.15) is 15.9 Å². The molecule has 0 bridgehead atoms. The molecule has 0 saturated heterocycles. The molecule has 1 N–H and O–H groups in total. The molecule has 2 aromatic heterocycles. The van der Waals surface area contributed by atoms with Crippen LogP contribution in [0.3, 0.4) is 0 Å². The number of amides is 1. The Morgan fingerprint density at radius 2 is 1.82 bits per heavy atom. The van der Waals surface area contributed by atoms with Crippen molar-refractivity contribution in [3.8, 4) is 5.69 Å². The third-order valence-electron chi connectivity index (χ3n) is 3.35. The van der Waals surface area contributed by atoms with E-state index in [9.17, 15) is 4.79 Å². The number of nitrogens with zero attached hydrogens (tertiary/aromatic N) is 3. The van der Waals surface area contributed by atoms with E-state index in [2.05, 4.69) is 27.5 Å². The third kappa shape index (κ3) is 3.38. The molecule has 2 heterocycles. The number of carbonyl (C=O) groups is 1. The van der Waals surface area contributed by atoms with Gasteiger partial charge in [-0.15, -0.1) is 0 Å². The van der Waals surface area contributed by atoms with E-state index < -0.39 is 0 Å². The predicted molar refractivity (Wildman–Crippen MR) is 83.8 cm³/mol. The van der Waals surface area contributed by atoms with Crippen molar-refractivity contribution < 1.29 is 4.79 Å². The zero-order valence-electron chi connectivity index (χ0n) is 12.0. The van der Waals surface area contributed by atoms with E-state index in [1.165, 1.54) is 5.56 Å². The summed E-state index contributed by atoms with van der Waals surface area (Å²) >= 11 is 0. The topological polar surface area (TPSA) is 59.8 Å². The molecule has 22 heavy (non-hydrogen) atoms. The first kappa shape index (κ1) is 14.0. The van der Waals surface area contributed by atoms with Gasteiger partial charge in [-0.2, -0.15) is 5.10 Å². The molecule has 0 aliphatic heterocycles. The van der Waals surface area contributed by atoms with Crippen molar-refractivity contribution in [2.24, 2.45) is 0 Å². The lowest BCUT2D eigenvalue weighted by atomic mass is 10.1. The average Bonchev–Trinajstić information content (AvgIpc) is 3.11. The Morgan fingerprint density at radius 3 is 2.50 bits per heavy atom. The van der Waals surface area contributed by atoms with E-state index in [1.54, 1.807) is 30.7 Å². The molecule has 0 atom stereocenters. The highest BCUT2D eigenvalue weighted by atomic mass is 16.1. The minimum absolute atomic E-state index is 0.0736. The SMILES string of the molecule is O=C(NCCc1ccc(-n2cccn2)cc1)c1ccncc1. The van der Waals surface area contributed by atoms with Crippen LogP contribution in [0.2, 0.25) is 0 Å². The average molecular weight is 292 g/mol. The molecule has 3 rings (SSSR count). The molecule has 110 valence electrons. The number of hydrogen-bond donors (Lipinski definition) is 1. The molecular weight excluding hydrogens is 276 g/mol. The molecule has 0 radical (unpaired) electrons. The second-order valence-corrected chi connectivity index (χ2v) is 4.86. The second-order valence-electron chi connectivity index (χ2n) is 4.86. The van der Waals surface area contributed by atoms with Crippen molar-refractivity contribution in [3.63, 3.8) is 0 Å². The molecule has 0 saturated carbocycles. The molecule has 1 amide bonds. The van der Waals surface area contributed by atoms with Gasteiger partial charge in [0.2, 0.25) is 0 Å². The van der Waals surface area contributed by atoms with Crippen molar-refractivity contribution >= 4 is 5.91 Å². The van der Waals surface area contributed by atoms with Crippen molar-refractivity contribution in [1.82, 2.24) is 20.1 Å². The third-order valence-corrected chi connectivity index (χ3v) is 3.35. The lowest BCUT2D eigenvalue weighted by molar-refractivity contribution is 0.0954. The van der Waals surface area contributed by atoms with Crippen molar-refractivity contribution in [2.45, 2.75) is 6.42 Å². The number of benzene rings is 1. The van der Waals surface area contributed by atoms with Gasteiger partial charge in [0, 0.05) is 36.9 Å². The Morgan fingerprint density at radius 1 is 1.05 bits per heavy atom. The lowest BCUT2D eigenvalue weighted by Gasteiger charge is -2.06. The quantitative estimate of drug-likeness (QED) is 0.784. The molecule has 0 unspecified atom stereocenters. The van der Waals surface area contributed by atoms with Crippen LogP contribution in [-0.2, 0) is 6.42 Å². The molecule has 0 aliphatic rings. The van der Waals surface area contributed by atoms with Gasteiger partial charge in [-0.05, 0) is 42.3 Å². The van der Waals surface area contributed by atoms with Gasteiger partial charge < -0.3 is 5.32 Å². The highest BCUT2D eigenvalue weighted by molar-refractivity contribution is 5.93. The first-order valence-electron chi connectivity index (χ1n) is 7.10. The fraction of sp³-hybridized carbons (Fsp3) is 0.118. The van der Waals surface area contributed by atoms with E-state index >= 15 is 0 Å². The minimum Gasteiger partial charge on any atom is -0.352 e. The maximum atomic E-state index is 11.9. The van der Waals surface area contributed by atoms with Gasteiger partial charge in [-0.1, -0.05) is 12.1 Å². The molecule has 1 aromatic carbocycles. The van der Waals surface area contributed by atoms with E-state index in [-0.39, 0.29) is 5.91 Å². The summed E-state index contributed by atoms with van der Waals surface area (Å²) in [4.78, 5) is 15.8. The molecule has 5 heteroatoms. The summed E-state index contributed by atoms with van der Waals surface area (Å²) in [5.41, 5.74) is 2.82. The largest absolute Gasteiger partial charge is 0.352 e. The fourth-order valence-corrected chi connectivity index (χ4v) is 2.16. The van der Waals surface area contributed by atoms with Crippen LogP contribution in [0, 0.1) is 0 Å². The first-order chi connectivity index (χ1) is 10.8. The Balaban J connectivity index is 1.53. The summed E-state index contributed by atoms with van der Waals surface area (Å²) in [5.74, 6) is -0.0736. The van der Waals surface area contributed by atoms with Gasteiger partial charge in [0.1, 0.15) is 0 Å². The van der Waals surface area contributed by atoms with Crippen molar-refractivity contribution in [3.05, 3.63) is 78.4 Å². The van der Waals surface area contributed by atoms with Crippen LogP contribution >= 0.6 is 0 Å². The molecule has 3 aromatic rings. The van der Waals surface area contributed by atoms with Crippen LogP contribution < -0.4 is 5.32 Å². The zero-order chi connectivity index (χ0) is 15.2. The van der Waals surface area contributed by atoms with Gasteiger partial charge in [-0.25, -0.2) is 4.68 Å². The van der Waals surface area contributed by atoms with Crippen LogP contribution in [0.5, 0.6) is 0 Å². The zero-order valence-corrected chi connectivity index (χ0v) is 12.0. The summed E-state index contributed by atoms with van der Waals surface area (Å²) in [5, 5.41) is 7.09. The van der Waals surface area contributed by atoms with Gasteiger partial charge in [0.25, 0.3) is 5.91 Å². The summed E-state index contributed by atoms with van der Waals surface area (Å²) in [6.07, 6.45) is 7.68. The van der Waals surface area contributed by atoms with Gasteiger partial charge in [0.05, 0.1) is 5.69 Å². The number of pyridine rings is 1. The maximum Gasteiger partial charge on any atom is 0.251 e. The minimum atomic E-state index is -0.0736. The highest BCUT2D eigenvalue weighted by Crippen LogP contribution is 2.09. The van der Waals surface area contributed by atoms with E-state index in [0.717, 1.165) is 12.1 Å². The second kappa shape index (κ2) is 6.67. The summed E-state index contributed by atoms with van der Waals surface area (Å²) < 4.78 is 1.81. The number of aromatic nitrogens is 3. The van der Waals surface area contributed by atoms with Crippen molar-refractivity contribution in [2.75, 3.05) is 6.54 Å². The Labute approximate surface area is 128 Å². The number of rotatable bonds is 5. The Kier molecular flexibility index (Phi) is 4.25. The molecular formula is C17H16N4O. The fourth-order valence-electron chi connectivity index (χ4n) is 2.16. The summed E-state index contributed by atoms with van der Waals surface area (Å²) in [7, 11) is 0. The maximum absolute atomic E-state index is 11.9.